The van der Waals surface area contributed by atoms with Gasteiger partial charge in [0.1, 0.15) is 5.65 Å². The van der Waals surface area contributed by atoms with E-state index in [1.54, 1.807) is 22.7 Å². The van der Waals surface area contributed by atoms with E-state index in [9.17, 15) is 9.59 Å². The summed E-state index contributed by atoms with van der Waals surface area (Å²) in [5.41, 5.74) is 2.34. The highest BCUT2D eigenvalue weighted by atomic mass is 16.4. The number of carboxylic acid groups (broad SMARTS) is 1. The standard InChI is InChI=1S/C14H10N2O3/c17-11-4-5-16-8-12(15-13(16)7-11)9-2-1-3-10(6-9)14(18)19/h1-8,15H,(H,18,19). The fourth-order valence-corrected chi connectivity index (χ4v) is 1.98. The van der Waals surface area contributed by atoms with E-state index < -0.39 is 5.97 Å². The van der Waals surface area contributed by atoms with Gasteiger partial charge < -0.3 is 14.5 Å². The lowest BCUT2D eigenvalue weighted by molar-refractivity contribution is 0.0697. The van der Waals surface area contributed by atoms with Crippen LogP contribution in [0.3, 0.4) is 0 Å². The van der Waals surface area contributed by atoms with Crippen LogP contribution < -0.4 is 5.43 Å². The molecule has 5 nitrogen and oxygen atoms in total. The first-order valence-electron chi connectivity index (χ1n) is 5.68. The van der Waals surface area contributed by atoms with E-state index in [0.717, 1.165) is 11.3 Å². The minimum atomic E-state index is -0.965. The number of carbonyl (C=O) groups is 1. The van der Waals surface area contributed by atoms with Gasteiger partial charge in [-0.05, 0) is 12.1 Å². The van der Waals surface area contributed by atoms with E-state index in [4.69, 9.17) is 5.11 Å². The second-order valence-electron chi connectivity index (χ2n) is 4.21. The van der Waals surface area contributed by atoms with Crippen molar-refractivity contribution in [1.82, 2.24) is 9.38 Å². The summed E-state index contributed by atoms with van der Waals surface area (Å²) < 4.78 is 1.78. The zero-order valence-corrected chi connectivity index (χ0v) is 9.83. The first-order chi connectivity index (χ1) is 9.13. The number of hydrogen-bond acceptors (Lipinski definition) is 2. The number of rotatable bonds is 2. The van der Waals surface area contributed by atoms with Crippen molar-refractivity contribution in [2.75, 3.05) is 0 Å². The van der Waals surface area contributed by atoms with E-state index in [2.05, 4.69) is 4.98 Å². The lowest BCUT2D eigenvalue weighted by atomic mass is 10.1. The monoisotopic (exact) mass is 254 g/mol. The Balaban J connectivity index is 2.16. The zero-order valence-electron chi connectivity index (χ0n) is 9.83. The number of carboxylic acids is 1. The molecule has 0 radical (unpaired) electrons. The number of imidazole rings is 1. The van der Waals surface area contributed by atoms with Gasteiger partial charge in [0.15, 0.2) is 5.43 Å². The maximum absolute atomic E-state index is 11.3. The van der Waals surface area contributed by atoms with Gasteiger partial charge >= 0.3 is 5.97 Å². The first kappa shape index (κ1) is 11.3. The molecule has 0 spiro atoms. The van der Waals surface area contributed by atoms with Crippen molar-refractivity contribution in [2.24, 2.45) is 0 Å². The van der Waals surface area contributed by atoms with Crippen LogP contribution >= 0.6 is 0 Å². The Kier molecular flexibility index (Phi) is 2.45. The van der Waals surface area contributed by atoms with Gasteiger partial charge in [0.2, 0.25) is 0 Å². The summed E-state index contributed by atoms with van der Waals surface area (Å²) in [5.74, 6) is -0.965. The highest BCUT2D eigenvalue weighted by molar-refractivity contribution is 5.89. The summed E-state index contributed by atoms with van der Waals surface area (Å²) in [4.78, 5) is 25.3. The summed E-state index contributed by atoms with van der Waals surface area (Å²) >= 11 is 0. The number of pyridine rings is 1. The SMILES string of the molecule is O=C(O)c1cccc(-c2cn3ccc(=O)cc3[nH]2)c1. The molecule has 0 saturated carbocycles. The average molecular weight is 254 g/mol. The molecular formula is C14H10N2O3. The third-order valence-corrected chi connectivity index (χ3v) is 2.91. The molecule has 2 heterocycles. The lowest BCUT2D eigenvalue weighted by Gasteiger charge is -1.99. The number of aromatic carboxylic acids is 1. The van der Waals surface area contributed by atoms with Crippen LogP contribution in [-0.4, -0.2) is 20.5 Å². The van der Waals surface area contributed by atoms with Crippen molar-refractivity contribution >= 4 is 11.6 Å². The van der Waals surface area contributed by atoms with Crippen molar-refractivity contribution in [1.29, 1.82) is 0 Å². The predicted octanol–water partition coefficient (Wildman–Crippen LogP) is 1.99. The number of nitrogens with one attached hydrogen (secondary N) is 1. The van der Waals surface area contributed by atoms with E-state index in [0.29, 0.717) is 5.65 Å². The quantitative estimate of drug-likeness (QED) is 0.734. The van der Waals surface area contributed by atoms with Gasteiger partial charge in [-0.25, -0.2) is 4.79 Å². The third-order valence-electron chi connectivity index (χ3n) is 2.91. The number of hydrogen-bond donors (Lipinski definition) is 2. The lowest BCUT2D eigenvalue weighted by Crippen LogP contribution is -1.97. The fraction of sp³-hybridized carbons (Fsp3) is 0. The van der Waals surface area contributed by atoms with Gasteiger partial charge in [-0.15, -0.1) is 0 Å². The van der Waals surface area contributed by atoms with Crippen LogP contribution in [0.1, 0.15) is 10.4 Å². The van der Waals surface area contributed by atoms with E-state index in [-0.39, 0.29) is 11.0 Å². The Hall–Kier alpha value is -2.82. The Morgan fingerprint density at radius 3 is 2.84 bits per heavy atom. The van der Waals surface area contributed by atoms with E-state index >= 15 is 0 Å². The molecule has 19 heavy (non-hydrogen) atoms. The Morgan fingerprint density at radius 2 is 2.05 bits per heavy atom. The minimum absolute atomic E-state index is 0.0762. The summed E-state index contributed by atoms with van der Waals surface area (Å²) in [6.07, 6.45) is 3.48. The molecule has 0 unspecified atom stereocenters. The molecule has 0 atom stereocenters. The van der Waals surface area contributed by atoms with Gasteiger partial charge in [-0.2, -0.15) is 0 Å². The van der Waals surface area contributed by atoms with Gasteiger partial charge in [0.25, 0.3) is 0 Å². The summed E-state index contributed by atoms with van der Waals surface area (Å²) in [6, 6.07) is 9.59. The van der Waals surface area contributed by atoms with E-state index in [1.807, 2.05) is 12.3 Å². The molecule has 2 aromatic heterocycles. The molecule has 0 bridgehead atoms. The van der Waals surface area contributed by atoms with Gasteiger partial charge in [-0.3, -0.25) is 4.79 Å². The molecule has 0 aliphatic carbocycles. The van der Waals surface area contributed by atoms with Crippen molar-refractivity contribution in [3.63, 3.8) is 0 Å². The number of nitrogens with zero attached hydrogens (tertiary/aromatic N) is 1. The van der Waals surface area contributed by atoms with Gasteiger partial charge in [-0.1, -0.05) is 12.1 Å². The normalized spacial score (nSPS) is 10.7. The summed E-state index contributed by atoms with van der Waals surface area (Å²) in [5, 5.41) is 8.98. The molecule has 0 fully saturated rings. The Morgan fingerprint density at radius 1 is 1.21 bits per heavy atom. The summed E-state index contributed by atoms with van der Waals surface area (Å²) in [6.45, 7) is 0. The second-order valence-corrected chi connectivity index (χ2v) is 4.21. The molecule has 3 aromatic rings. The molecule has 0 aliphatic rings. The van der Waals surface area contributed by atoms with Crippen LogP contribution in [0.25, 0.3) is 16.9 Å². The number of benzene rings is 1. The van der Waals surface area contributed by atoms with Crippen LogP contribution in [0, 0.1) is 0 Å². The minimum Gasteiger partial charge on any atom is -0.478 e. The highest BCUT2D eigenvalue weighted by Gasteiger charge is 2.07. The van der Waals surface area contributed by atoms with Crippen LogP contribution in [0.4, 0.5) is 0 Å². The van der Waals surface area contributed by atoms with E-state index in [1.165, 1.54) is 18.2 Å². The molecule has 2 N–H and O–H groups in total. The molecule has 0 amide bonds. The number of H-pyrrole nitrogens is 1. The molecular weight excluding hydrogens is 244 g/mol. The maximum atomic E-state index is 11.3. The van der Waals surface area contributed by atoms with Crippen LogP contribution in [-0.2, 0) is 0 Å². The molecule has 0 saturated heterocycles. The van der Waals surface area contributed by atoms with Crippen molar-refractivity contribution in [3.8, 4) is 11.3 Å². The predicted molar refractivity (Wildman–Crippen MR) is 70.4 cm³/mol. The van der Waals surface area contributed by atoms with Crippen molar-refractivity contribution in [2.45, 2.75) is 0 Å². The van der Waals surface area contributed by atoms with Crippen LogP contribution in [0.5, 0.6) is 0 Å². The fourth-order valence-electron chi connectivity index (χ4n) is 1.98. The average Bonchev–Trinajstić information content (AvgIpc) is 2.81. The smallest absolute Gasteiger partial charge is 0.335 e. The Bertz CT molecular complexity index is 830. The second kappa shape index (κ2) is 4.13. The number of aromatic nitrogens is 2. The highest BCUT2D eigenvalue weighted by Crippen LogP contribution is 2.19. The molecule has 1 aromatic carbocycles. The molecule has 5 heteroatoms. The maximum Gasteiger partial charge on any atom is 0.335 e. The van der Waals surface area contributed by atoms with Crippen molar-refractivity contribution in [3.05, 3.63) is 64.6 Å². The largest absolute Gasteiger partial charge is 0.478 e. The Labute approximate surface area is 107 Å². The third kappa shape index (κ3) is 2.01. The van der Waals surface area contributed by atoms with Gasteiger partial charge in [0.05, 0.1) is 11.3 Å². The first-order valence-corrected chi connectivity index (χ1v) is 5.68. The topological polar surface area (TPSA) is 74.6 Å². The van der Waals surface area contributed by atoms with Gasteiger partial charge in [0, 0.05) is 30.1 Å². The molecule has 94 valence electrons. The zero-order chi connectivity index (χ0) is 13.4. The summed E-state index contributed by atoms with van der Waals surface area (Å²) in [7, 11) is 0. The number of fused-ring (bicyclic) bond motifs is 1. The van der Waals surface area contributed by atoms with Crippen LogP contribution in [0.15, 0.2) is 53.6 Å². The number of aromatic amines is 1. The molecule has 0 aliphatic heterocycles. The van der Waals surface area contributed by atoms with Crippen LogP contribution in [0.2, 0.25) is 0 Å². The molecule has 3 rings (SSSR count). The van der Waals surface area contributed by atoms with Crippen molar-refractivity contribution < 1.29 is 9.90 Å².